The summed E-state index contributed by atoms with van der Waals surface area (Å²) in [6.45, 7) is 2.37. The number of rotatable bonds is 9. The second-order valence-corrected chi connectivity index (χ2v) is 10.7. The van der Waals surface area contributed by atoms with Gasteiger partial charge in [0.1, 0.15) is 16.9 Å². The first-order valence-corrected chi connectivity index (χ1v) is 12.6. The van der Waals surface area contributed by atoms with Crippen LogP contribution in [0, 0.1) is 5.82 Å². The number of fused-ring (bicyclic) bond motifs is 1. The van der Waals surface area contributed by atoms with Crippen molar-refractivity contribution in [2.75, 3.05) is 19.4 Å². The van der Waals surface area contributed by atoms with Gasteiger partial charge in [-0.1, -0.05) is 12.1 Å². The average Bonchev–Trinajstić information content (AvgIpc) is 2.76. The van der Waals surface area contributed by atoms with E-state index in [0.29, 0.717) is 12.0 Å². The molecule has 3 aromatic rings. The number of carbonyl (C=O) groups excluding carboxylic acids is 1. The lowest BCUT2D eigenvalue weighted by atomic mass is 10.0. The van der Waals surface area contributed by atoms with Crippen LogP contribution in [0.1, 0.15) is 35.3 Å². The summed E-state index contributed by atoms with van der Waals surface area (Å²) in [5.74, 6) is -1.91. The van der Waals surface area contributed by atoms with Crippen molar-refractivity contribution in [2.45, 2.75) is 32.4 Å². The van der Waals surface area contributed by atoms with E-state index in [2.05, 4.69) is 15.0 Å². The van der Waals surface area contributed by atoms with E-state index in [9.17, 15) is 32.6 Å². The van der Waals surface area contributed by atoms with Crippen molar-refractivity contribution in [3.05, 3.63) is 69.4 Å². The molecule has 0 unspecified atom stereocenters. The number of aliphatic hydroxyl groups is 1. The van der Waals surface area contributed by atoms with E-state index in [1.54, 1.807) is 18.2 Å². The molecule has 1 amide bonds. The molecule has 0 spiro atoms. The maximum Gasteiger partial charge on any atom is 0.267 e. The van der Waals surface area contributed by atoms with Crippen molar-refractivity contribution >= 4 is 27.0 Å². The number of amides is 1. The molecule has 0 bridgehead atoms. The standard InChI is InChI=1S/C23H27FN4O6S/c1-23(2,13-29)27-21(31)18-20(30)19-17(28(22(18)32)9-8-26-35(3,33)34)11-15(12-25-19)10-14-4-6-16(24)7-5-14/h4-7,11-12,26,29-30H,8-10,13H2,1-3H3,(H,27,31). The highest BCUT2D eigenvalue weighted by atomic mass is 32.2. The van der Waals surface area contributed by atoms with Crippen LogP contribution in [0.4, 0.5) is 4.39 Å². The lowest BCUT2D eigenvalue weighted by molar-refractivity contribution is 0.0864. The minimum atomic E-state index is -3.54. The van der Waals surface area contributed by atoms with Crippen molar-refractivity contribution in [3.63, 3.8) is 0 Å². The Morgan fingerprint density at radius 3 is 2.46 bits per heavy atom. The molecular formula is C23H27FN4O6S. The number of aromatic nitrogens is 2. The molecule has 0 radical (unpaired) electrons. The van der Waals surface area contributed by atoms with Gasteiger partial charge in [0.05, 0.1) is 23.9 Å². The van der Waals surface area contributed by atoms with E-state index in [1.807, 2.05) is 0 Å². The van der Waals surface area contributed by atoms with E-state index in [1.165, 1.54) is 32.2 Å². The van der Waals surface area contributed by atoms with Crippen molar-refractivity contribution in [3.8, 4) is 5.75 Å². The quantitative estimate of drug-likeness (QED) is 0.336. The molecule has 0 aliphatic rings. The first-order valence-electron chi connectivity index (χ1n) is 10.7. The Labute approximate surface area is 201 Å². The summed E-state index contributed by atoms with van der Waals surface area (Å²) in [5, 5.41) is 22.8. The van der Waals surface area contributed by atoms with Crippen LogP contribution >= 0.6 is 0 Å². The molecule has 4 N–H and O–H groups in total. The molecule has 0 saturated heterocycles. The zero-order valence-corrected chi connectivity index (χ0v) is 20.3. The van der Waals surface area contributed by atoms with Crippen LogP contribution in [0.5, 0.6) is 5.75 Å². The number of hydrogen-bond donors (Lipinski definition) is 4. The largest absolute Gasteiger partial charge is 0.505 e. The number of halogens is 1. The van der Waals surface area contributed by atoms with Gasteiger partial charge >= 0.3 is 0 Å². The molecule has 188 valence electrons. The van der Waals surface area contributed by atoms with Crippen molar-refractivity contribution in [1.29, 1.82) is 0 Å². The van der Waals surface area contributed by atoms with Crippen molar-refractivity contribution < 1.29 is 27.8 Å². The van der Waals surface area contributed by atoms with Crippen LogP contribution in [0.15, 0.2) is 41.3 Å². The number of nitrogens with one attached hydrogen (secondary N) is 2. The molecule has 0 atom stereocenters. The van der Waals surface area contributed by atoms with Crippen LogP contribution in [-0.4, -0.2) is 59.0 Å². The lowest BCUT2D eigenvalue weighted by Gasteiger charge is -2.24. The molecule has 2 aromatic heterocycles. The Morgan fingerprint density at radius 1 is 1.20 bits per heavy atom. The number of aliphatic hydroxyl groups excluding tert-OH is 1. The minimum Gasteiger partial charge on any atom is -0.505 e. The van der Waals surface area contributed by atoms with Gasteiger partial charge in [-0.25, -0.2) is 17.5 Å². The number of benzene rings is 1. The van der Waals surface area contributed by atoms with Gasteiger partial charge < -0.3 is 20.1 Å². The number of pyridine rings is 2. The van der Waals surface area contributed by atoms with Gasteiger partial charge in [-0.15, -0.1) is 0 Å². The van der Waals surface area contributed by atoms with Gasteiger partial charge in [0.2, 0.25) is 10.0 Å². The van der Waals surface area contributed by atoms with E-state index >= 15 is 0 Å². The highest BCUT2D eigenvalue weighted by molar-refractivity contribution is 7.88. The summed E-state index contributed by atoms with van der Waals surface area (Å²) in [4.78, 5) is 30.4. The Kier molecular flexibility index (Phi) is 7.58. The van der Waals surface area contributed by atoms with Gasteiger partial charge in [0, 0.05) is 19.3 Å². The number of sulfonamides is 1. The monoisotopic (exact) mass is 506 g/mol. The van der Waals surface area contributed by atoms with Crippen molar-refractivity contribution in [2.24, 2.45) is 0 Å². The third kappa shape index (κ3) is 6.41. The molecule has 0 fully saturated rings. The number of hydrogen-bond acceptors (Lipinski definition) is 7. The zero-order valence-electron chi connectivity index (χ0n) is 19.5. The molecule has 0 saturated carbocycles. The zero-order chi connectivity index (χ0) is 26.0. The predicted molar refractivity (Wildman–Crippen MR) is 128 cm³/mol. The molecule has 12 heteroatoms. The summed E-state index contributed by atoms with van der Waals surface area (Å²) < 4.78 is 39.7. The summed E-state index contributed by atoms with van der Waals surface area (Å²) in [6.07, 6.45) is 2.80. The van der Waals surface area contributed by atoms with Crippen LogP contribution in [0.3, 0.4) is 0 Å². The van der Waals surface area contributed by atoms with Crippen LogP contribution in [0.25, 0.3) is 11.0 Å². The van der Waals surface area contributed by atoms with Gasteiger partial charge in [0.25, 0.3) is 11.5 Å². The summed E-state index contributed by atoms with van der Waals surface area (Å²) in [7, 11) is -3.54. The molecule has 3 rings (SSSR count). The van der Waals surface area contributed by atoms with Gasteiger partial charge in [-0.05, 0) is 49.6 Å². The molecule has 35 heavy (non-hydrogen) atoms. The number of carbonyl (C=O) groups is 1. The molecule has 0 aliphatic carbocycles. The van der Waals surface area contributed by atoms with Crippen molar-refractivity contribution in [1.82, 2.24) is 19.6 Å². The second kappa shape index (κ2) is 10.1. The third-order valence-electron chi connectivity index (χ3n) is 5.23. The van der Waals surface area contributed by atoms with E-state index in [-0.39, 0.29) is 29.9 Å². The summed E-state index contributed by atoms with van der Waals surface area (Å²) >= 11 is 0. The predicted octanol–water partition coefficient (Wildman–Crippen LogP) is 0.882. The highest BCUT2D eigenvalue weighted by Crippen LogP contribution is 2.26. The smallest absolute Gasteiger partial charge is 0.267 e. The van der Waals surface area contributed by atoms with Crippen LogP contribution in [-0.2, 0) is 23.0 Å². The first-order chi connectivity index (χ1) is 16.3. The SMILES string of the molecule is CC(C)(CO)NC(=O)c1c(O)c2ncc(Cc3ccc(F)cc3)cc2n(CCNS(C)(=O)=O)c1=O. The maximum absolute atomic E-state index is 13.3. The molecule has 2 heterocycles. The highest BCUT2D eigenvalue weighted by Gasteiger charge is 2.27. The Balaban J connectivity index is 2.13. The number of nitrogens with zero attached hydrogens (tertiary/aromatic N) is 2. The normalized spacial score (nSPS) is 12.1. The van der Waals surface area contributed by atoms with Gasteiger partial charge in [0.15, 0.2) is 5.75 Å². The molecule has 1 aromatic carbocycles. The molecular weight excluding hydrogens is 479 g/mol. The summed E-state index contributed by atoms with van der Waals surface area (Å²) in [5.41, 5.74) is -0.897. The third-order valence-corrected chi connectivity index (χ3v) is 5.96. The van der Waals surface area contributed by atoms with E-state index in [0.717, 1.165) is 16.4 Å². The maximum atomic E-state index is 13.3. The average molecular weight is 507 g/mol. The topological polar surface area (TPSA) is 151 Å². The number of aromatic hydroxyl groups is 1. The van der Waals surface area contributed by atoms with E-state index < -0.39 is 44.9 Å². The fraction of sp³-hybridized carbons (Fsp3) is 0.348. The first kappa shape index (κ1) is 26.3. The molecule has 10 nitrogen and oxygen atoms in total. The lowest BCUT2D eigenvalue weighted by Crippen LogP contribution is -2.48. The minimum absolute atomic E-state index is 0.0289. The molecule has 0 aliphatic heterocycles. The second-order valence-electron chi connectivity index (χ2n) is 8.86. The van der Waals surface area contributed by atoms with E-state index in [4.69, 9.17) is 0 Å². The van der Waals surface area contributed by atoms with Crippen LogP contribution in [0.2, 0.25) is 0 Å². The Morgan fingerprint density at radius 2 is 1.86 bits per heavy atom. The van der Waals surface area contributed by atoms with Gasteiger partial charge in [-0.2, -0.15) is 0 Å². The Hall–Kier alpha value is -3.35. The van der Waals surface area contributed by atoms with Crippen LogP contribution < -0.4 is 15.6 Å². The summed E-state index contributed by atoms with van der Waals surface area (Å²) in [6, 6.07) is 7.46. The fourth-order valence-corrected chi connectivity index (χ4v) is 3.92. The van der Waals surface area contributed by atoms with Gasteiger partial charge in [-0.3, -0.25) is 14.6 Å². The fourth-order valence-electron chi connectivity index (χ4n) is 3.46. The Bertz CT molecular complexity index is 1420.